The van der Waals surface area contributed by atoms with Crippen LogP contribution in [-0.2, 0) is 20.9 Å². The molecule has 3 aliphatic rings. The summed E-state index contributed by atoms with van der Waals surface area (Å²) in [4.78, 5) is 27.2. The van der Waals surface area contributed by atoms with Crippen molar-refractivity contribution >= 4 is 11.8 Å². The second kappa shape index (κ2) is 10.7. The highest BCUT2D eigenvalue weighted by Crippen LogP contribution is 2.48. The molecule has 0 spiro atoms. The van der Waals surface area contributed by atoms with Gasteiger partial charge < -0.3 is 19.5 Å². The zero-order valence-corrected chi connectivity index (χ0v) is 22.8. The lowest BCUT2D eigenvalue weighted by atomic mass is 9.68. The number of allylic oxidation sites excluding steroid dienone is 3. The first-order valence-corrected chi connectivity index (χ1v) is 13.6. The predicted octanol–water partition coefficient (Wildman–Crippen LogP) is 6.36. The molecule has 5 rings (SSSR count). The number of nitrogens with one attached hydrogen (secondary N) is 1. The number of ether oxygens (including phenoxy) is 3. The van der Waals surface area contributed by atoms with E-state index in [4.69, 9.17) is 14.2 Å². The Morgan fingerprint density at radius 3 is 2.47 bits per heavy atom. The fourth-order valence-corrected chi connectivity index (χ4v) is 5.98. The van der Waals surface area contributed by atoms with Gasteiger partial charge in [0.25, 0.3) is 0 Å². The van der Waals surface area contributed by atoms with E-state index in [1.165, 1.54) is 0 Å². The van der Waals surface area contributed by atoms with E-state index in [2.05, 4.69) is 19.2 Å². The third-order valence-electron chi connectivity index (χ3n) is 7.79. The highest BCUT2D eigenvalue weighted by atomic mass is 16.5. The van der Waals surface area contributed by atoms with Crippen molar-refractivity contribution in [3.8, 4) is 11.5 Å². The summed E-state index contributed by atoms with van der Waals surface area (Å²) in [6.45, 7) is 6.53. The Hall–Kier alpha value is -3.54. The van der Waals surface area contributed by atoms with Crippen LogP contribution in [0.15, 0.2) is 71.1 Å². The van der Waals surface area contributed by atoms with Crippen LogP contribution in [0.4, 0.5) is 0 Å². The van der Waals surface area contributed by atoms with Crippen LogP contribution in [0.2, 0.25) is 0 Å². The Kier molecular flexibility index (Phi) is 7.33. The molecule has 0 amide bonds. The molecule has 0 saturated heterocycles. The van der Waals surface area contributed by atoms with Gasteiger partial charge in [-0.2, -0.15) is 0 Å². The fraction of sp³-hybridized carbons (Fsp3) is 0.438. The molecule has 0 radical (unpaired) electrons. The second-order valence-electron chi connectivity index (χ2n) is 11.4. The summed E-state index contributed by atoms with van der Waals surface area (Å²) in [7, 11) is 1.60. The van der Waals surface area contributed by atoms with Crippen molar-refractivity contribution in [1.82, 2.24) is 5.32 Å². The number of ketones is 1. The summed E-state index contributed by atoms with van der Waals surface area (Å²) in [5, 5.41) is 3.42. The van der Waals surface area contributed by atoms with Crippen molar-refractivity contribution < 1.29 is 23.8 Å². The zero-order valence-electron chi connectivity index (χ0n) is 22.8. The van der Waals surface area contributed by atoms with Crippen LogP contribution >= 0.6 is 0 Å². The minimum atomic E-state index is -0.527. The van der Waals surface area contributed by atoms with Gasteiger partial charge in [0, 0.05) is 29.3 Å². The zero-order chi connectivity index (χ0) is 26.9. The molecular formula is C32H37NO5. The molecule has 1 unspecified atom stereocenters. The van der Waals surface area contributed by atoms with Crippen molar-refractivity contribution in [2.45, 2.75) is 77.9 Å². The van der Waals surface area contributed by atoms with Gasteiger partial charge in [-0.1, -0.05) is 50.2 Å². The molecule has 38 heavy (non-hydrogen) atoms. The van der Waals surface area contributed by atoms with Gasteiger partial charge >= 0.3 is 5.97 Å². The Morgan fingerprint density at radius 1 is 1.03 bits per heavy atom. The lowest BCUT2D eigenvalue weighted by Crippen LogP contribution is -2.39. The number of benzene rings is 2. The third kappa shape index (κ3) is 5.35. The first-order chi connectivity index (χ1) is 18.3. The number of carbonyl (C=O) groups is 2. The van der Waals surface area contributed by atoms with Gasteiger partial charge in [-0.05, 0) is 67.7 Å². The summed E-state index contributed by atoms with van der Waals surface area (Å²) in [6, 6.07) is 15.6. The Bertz CT molecular complexity index is 1280. The number of rotatable bonds is 7. The van der Waals surface area contributed by atoms with Crippen LogP contribution in [0.25, 0.3) is 0 Å². The Labute approximate surface area is 225 Å². The van der Waals surface area contributed by atoms with E-state index in [1.54, 1.807) is 7.11 Å². The smallest absolute Gasteiger partial charge is 0.337 e. The molecule has 1 aliphatic heterocycles. The lowest BCUT2D eigenvalue weighted by Gasteiger charge is -2.39. The molecule has 1 N–H and O–H groups in total. The molecule has 1 heterocycles. The van der Waals surface area contributed by atoms with Crippen molar-refractivity contribution in [1.29, 1.82) is 0 Å². The first-order valence-electron chi connectivity index (χ1n) is 13.6. The predicted molar refractivity (Wildman–Crippen MR) is 146 cm³/mol. The molecule has 1 saturated carbocycles. The van der Waals surface area contributed by atoms with Crippen molar-refractivity contribution in [3.05, 3.63) is 82.2 Å². The van der Waals surface area contributed by atoms with E-state index < -0.39 is 5.92 Å². The largest absolute Gasteiger partial charge is 0.493 e. The lowest BCUT2D eigenvalue weighted by molar-refractivity contribution is -0.144. The molecule has 0 aromatic heterocycles. The van der Waals surface area contributed by atoms with E-state index >= 15 is 0 Å². The maximum absolute atomic E-state index is 13.6. The topological polar surface area (TPSA) is 73.9 Å². The second-order valence-corrected chi connectivity index (χ2v) is 11.4. The molecule has 2 aliphatic carbocycles. The van der Waals surface area contributed by atoms with Crippen molar-refractivity contribution in [2.24, 2.45) is 5.41 Å². The number of esters is 1. The van der Waals surface area contributed by atoms with E-state index in [-0.39, 0.29) is 23.3 Å². The van der Waals surface area contributed by atoms with Gasteiger partial charge in [0.2, 0.25) is 0 Å². The quantitative estimate of drug-likeness (QED) is 0.432. The van der Waals surface area contributed by atoms with Crippen LogP contribution in [0.5, 0.6) is 11.5 Å². The summed E-state index contributed by atoms with van der Waals surface area (Å²) in [5.74, 6) is 0.357. The SMILES string of the molecule is COc1cc(C2C(C(=O)OC3CCCC3)=C(C)NC3=C2C(=O)CC(C)(C)C3)ccc1OCc1ccccc1. The van der Waals surface area contributed by atoms with E-state index in [0.29, 0.717) is 35.7 Å². The average molecular weight is 516 g/mol. The van der Waals surface area contributed by atoms with E-state index in [1.807, 2.05) is 55.5 Å². The van der Waals surface area contributed by atoms with Crippen molar-refractivity contribution in [3.63, 3.8) is 0 Å². The number of methoxy groups -OCH3 is 1. The molecule has 1 atom stereocenters. The Morgan fingerprint density at radius 2 is 1.76 bits per heavy atom. The molecule has 6 heteroatoms. The number of hydrogen-bond acceptors (Lipinski definition) is 6. The molecule has 1 fully saturated rings. The number of hydrogen-bond donors (Lipinski definition) is 1. The van der Waals surface area contributed by atoms with Crippen LogP contribution in [-0.4, -0.2) is 25.0 Å². The van der Waals surface area contributed by atoms with Gasteiger partial charge in [0.15, 0.2) is 17.3 Å². The molecule has 2 aromatic carbocycles. The number of carbonyl (C=O) groups excluding carboxylic acids is 2. The van der Waals surface area contributed by atoms with E-state index in [0.717, 1.165) is 54.6 Å². The minimum absolute atomic E-state index is 0.0655. The number of Topliss-reactive ketones (excluding diaryl/α,β-unsaturated/α-hetero) is 1. The summed E-state index contributed by atoms with van der Waals surface area (Å²) < 4.78 is 17.8. The van der Waals surface area contributed by atoms with Crippen molar-refractivity contribution in [2.75, 3.05) is 7.11 Å². The maximum atomic E-state index is 13.6. The normalized spacial score (nSPS) is 21.2. The molecule has 0 bridgehead atoms. The molecule has 6 nitrogen and oxygen atoms in total. The first kappa shape index (κ1) is 26.1. The maximum Gasteiger partial charge on any atom is 0.337 e. The van der Waals surface area contributed by atoms with Crippen LogP contribution in [0.1, 0.15) is 76.3 Å². The third-order valence-corrected chi connectivity index (χ3v) is 7.79. The molecule has 2 aromatic rings. The van der Waals surface area contributed by atoms with Gasteiger partial charge in [0.05, 0.1) is 12.7 Å². The van der Waals surface area contributed by atoms with Gasteiger partial charge in [-0.25, -0.2) is 4.79 Å². The average Bonchev–Trinajstić information content (AvgIpc) is 3.39. The summed E-state index contributed by atoms with van der Waals surface area (Å²) >= 11 is 0. The van der Waals surface area contributed by atoms with E-state index in [9.17, 15) is 9.59 Å². The fourth-order valence-electron chi connectivity index (χ4n) is 5.98. The van der Waals surface area contributed by atoms with Gasteiger partial charge in [-0.15, -0.1) is 0 Å². The van der Waals surface area contributed by atoms with Gasteiger partial charge in [-0.3, -0.25) is 4.79 Å². The summed E-state index contributed by atoms with van der Waals surface area (Å²) in [6.07, 6.45) is 5.02. The van der Waals surface area contributed by atoms with Crippen LogP contribution in [0.3, 0.4) is 0 Å². The monoisotopic (exact) mass is 515 g/mol. The Balaban J connectivity index is 1.52. The minimum Gasteiger partial charge on any atom is -0.493 e. The van der Waals surface area contributed by atoms with Gasteiger partial charge in [0.1, 0.15) is 12.7 Å². The standard InChI is InChI=1S/C32H37NO5/c1-20-28(31(35)38-23-12-8-9-13-23)29(30-24(33-20)17-32(2,3)18-25(30)34)22-14-15-26(27(16-22)36-4)37-19-21-10-6-5-7-11-21/h5-7,10-11,14-16,23,29,33H,8-9,12-13,17-19H2,1-4H3. The molecule has 200 valence electrons. The van der Waals surface area contributed by atoms with Crippen LogP contribution in [0, 0.1) is 5.41 Å². The van der Waals surface area contributed by atoms with Crippen LogP contribution < -0.4 is 14.8 Å². The highest BCUT2D eigenvalue weighted by Gasteiger charge is 2.43. The molecular weight excluding hydrogens is 478 g/mol. The summed E-state index contributed by atoms with van der Waals surface area (Å²) in [5.41, 5.74) is 4.52. The highest BCUT2D eigenvalue weighted by molar-refractivity contribution is 6.04. The number of dihydropyridines is 1.